The summed E-state index contributed by atoms with van der Waals surface area (Å²) in [6.07, 6.45) is 4.05. The molecule has 3 rings (SSSR count). The van der Waals surface area contributed by atoms with Gasteiger partial charge >= 0.3 is 0 Å². The maximum absolute atomic E-state index is 5.72. The van der Waals surface area contributed by atoms with Gasteiger partial charge in [0.25, 0.3) is 0 Å². The smallest absolute Gasteiger partial charge is 0.133 e. The highest BCUT2D eigenvalue weighted by molar-refractivity contribution is 5.04. The van der Waals surface area contributed by atoms with Gasteiger partial charge in [-0.2, -0.15) is 0 Å². The number of methoxy groups -OCH3 is 1. The minimum absolute atomic E-state index is 0.378. The summed E-state index contributed by atoms with van der Waals surface area (Å²) in [6.45, 7) is 5.35. The molecule has 1 aliphatic heterocycles. The fraction of sp³-hybridized carbons (Fsp3) is 0.800. The second-order valence-corrected chi connectivity index (χ2v) is 5.91. The Morgan fingerprint density at radius 2 is 2.35 bits per heavy atom. The quantitative estimate of drug-likeness (QED) is 0.844. The Hall–Kier alpha value is -0.910. The van der Waals surface area contributed by atoms with Crippen LogP contribution in [-0.4, -0.2) is 49.1 Å². The van der Waals surface area contributed by atoms with Gasteiger partial charge in [-0.05, 0) is 19.8 Å². The molecule has 2 heterocycles. The van der Waals surface area contributed by atoms with Crippen LogP contribution in [0.3, 0.4) is 0 Å². The summed E-state index contributed by atoms with van der Waals surface area (Å²) in [6, 6.07) is 2.46. The van der Waals surface area contributed by atoms with Crippen LogP contribution in [0, 0.1) is 12.8 Å². The number of hydrogen-bond acceptors (Lipinski definition) is 5. The van der Waals surface area contributed by atoms with Crippen molar-refractivity contribution in [3.63, 3.8) is 0 Å². The van der Waals surface area contributed by atoms with E-state index >= 15 is 0 Å². The highest BCUT2D eigenvalue weighted by Gasteiger charge is 2.38. The fourth-order valence-electron chi connectivity index (χ4n) is 3.64. The first-order valence-corrected chi connectivity index (χ1v) is 7.54. The molecular formula is C15H24N2O3. The van der Waals surface area contributed by atoms with Gasteiger partial charge in [0.2, 0.25) is 0 Å². The molecule has 1 saturated carbocycles. The van der Waals surface area contributed by atoms with Crippen LogP contribution in [0.5, 0.6) is 0 Å². The maximum Gasteiger partial charge on any atom is 0.133 e. The van der Waals surface area contributed by atoms with E-state index in [9.17, 15) is 0 Å². The number of hydrogen-bond donors (Lipinski definition) is 0. The molecule has 5 heteroatoms. The molecular weight excluding hydrogens is 256 g/mol. The SMILES string of the molecule is CO[C@@H]1CCC[C@@H]1[C@H]1COCCN1Cc1cc(C)on1. The monoisotopic (exact) mass is 280 g/mol. The molecule has 0 N–H and O–H groups in total. The zero-order valence-corrected chi connectivity index (χ0v) is 12.4. The van der Waals surface area contributed by atoms with Crippen molar-refractivity contribution < 1.29 is 14.0 Å². The zero-order valence-electron chi connectivity index (χ0n) is 12.4. The number of aromatic nitrogens is 1. The van der Waals surface area contributed by atoms with E-state index in [1.165, 1.54) is 19.3 Å². The molecule has 0 amide bonds. The molecule has 1 aromatic heterocycles. The van der Waals surface area contributed by atoms with Crippen molar-refractivity contribution in [2.45, 2.75) is 44.9 Å². The standard InChI is InChI=1S/C15H24N2O3/c1-11-8-12(16-20-11)9-17-6-7-19-10-14(17)13-4-3-5-15(13)18-2/h8,13-15H,3-7,9-10H2,1-2H3/t13-,14-,15-/m1/s1. The fourth-order valence-corrected chi connectivity index (χ4v) is 3.64. The van der Waals surface area contributed by atoms with E-state index in [0.717, 1.165) is 37.8 Å². The van der Waals surface area contributed by atoms with Gasteiger partial charge < -0.3 is 14.0 Å². The van der Waals surface area contributed by atoms with Gasteiger partial charge in [-0.1, -0.05) is 11.6 Å². The van der Waals surface area contributed by atoms with Crippen molar-refractivity contribution in [3.8, 4) is 0 Å². The highest BCUT2D eigenvalue weighted by atomic mass is 16.5. The lowest BCUT2D eigenvalue weighted by molar-refractivity contribution is -0.0614. The van der Waals surface area contributed by atoms with E-state index in [2.05, 4.69) is 10.1 Å². The van der Waals surface area contributed by atoms with Gasteiger partial charge in [0.05, 0.1) is 25.0 Å². The second kappa shape index (κ2) is 6.24. The number of aryl methyl sites for hydroxylation is 1. The van der Waals surface area contributed by atoms with Crippen LogP contribution >= 0.6 is 0 Å². The number of rotatable bonds is 4. The highest BCUT2D eigenvalue weighted by Crippen LogP contribution is 2.34. The average Bonchev–Trinajstić information content (AvgIpc) is 3.08. The first-order valence-electron chi connectivity index (χ1n) is 7.54. The Morgan fingerprint density at radius 1 is 1.45 bits per heavy atom. The molecule has 2 fully saturated rings. The summed E-state index contributed by atoms with van der Waals surface area (Å²) in [5, 5.41) is 4.12. The van der Waals surface area contributed by atoms with Crippen molar-refractivity contribution >= 4 is 0 Å². The number of ether oxygens (including phenoxy) is 2. The summed E-state index contributed by atoms with van der Waals surface area (Å²) >= 11 is 0. The van der Waals surface area contributed by atoms with Crippen LogP contribution in [0.15, 0.2) is 10.6 Å². The van der Waals surface area contributed by atoms with E-state index in [-0.39, 0.29) is 0 Å². The second-order valence-electron chi connectivity index (χ2n) is 5.91. The van der Waals surface area contributed by atoms with E-state index in [4.69, 9.17) is 14.0 Å². The van der Waals surface area contributed by atoms with E-state index in [1.807, 2.05) is 20.1 Å². The molecule has 0 bridgehead atoms. The van der Waals surface area contributed by atoms with Gasteiger partial charge in [0.1, 0.15) is 5.76 Å². The molecule has 0 spiro atoms. The van der Waals surface area contributed by atoms with Crippen LogP contribution < -0.4 is 0 Å². The minimum atomic E-state index is 0.378. The maximum atomic E-state index is 5.72. The third kappa shape index (κ3) is 2.90. The Kier molecular flexibility index (Phi) is 4.38. The topological polar surface area (TPSA) is 47.7 Å². The van der Waals surface area contributed by atoms with Gasteiger partial charge in [-0.3, -0.25) is 4.90 Å². The molecule has 1 aromatic rings. The first-order chi connectivity index (χ1) is 9.78. The lowest BCUT2D eigenvalue weighted by atomic mass is 9.94. The molecule has 2 aliphatic rings. The van der Waals surface area contributed by atoms with Crippen molar-refractivity contribution in [3.05, 3.63) is 17.5 Å². The minimum Gasteiger partial charge on any atom is -0.381 e. The van der Waals surface area contributed by atoms with Crippen LogP contribution in [0.25, 0.3) is 0 Å². The molecule has 3 atom stereocenters. The third-order valence-corrected chi connectivity index (χ3v) is 4.62. The third-order valence-electron chi connectivity index (χ3n) is 4.62. The molecule has 5 nitrogen and oxygen atoms in total. The van der Waals surface area contributed by atoms with Crippen molar-refractivity contribution in [1.82, 2.24) is 10.1 Å². The summed E-state index contributed by atoms with van der Waals surface area (Å²) in [5.41, 5.74) is 1.02. The predicted molar refractivity (Wildman–Crippen MR) is 74.4 cm³/mol. The number of nitrogens with zero attached hydrogens (tertiary/aromatic N) is 2. The van der Waals surface area contributed by atoms with E-state index < -0.39 is 0 Å². The summed E-state index contributed by atoms with van der Waals surface area (Å²) < 4.78 is 16.6. The van der Waals surface area contributed by atoms with Gasteiger partial charge in [-0.15, -0.1) is 0 Å². The Balaban J connectivity index is 1.70. The molecule has 1 aliphatic carbocycles. The van der Waals surface area contributed by atoms with Crippen LogP contribution in [0.1, 0.15) is 30.7 Å². The Bertz CT molecular complexity index is 435. The van der Waals surface area contributed by atoms with Crippen molar-refractivity contribution in [2.24, 2.45) is 5.92 Å². The largest absolute Gasteiger partial charge is 0.381 e. The first kappa shape index (κ1) is 14.0. The number of morpholine rings is 1. The summed E-state index contributed by atoms with van der Waals surface area (Å²) in [5.74, 6) is 1.45. The van der Waals surface area contributed by atoms with Crippen molar-refractivity contribution in [1.29, 1.82) is 0 Å². The predicted octanol–water partition coefficient (Wildman–Crippen LogP) is 2.00. The summed E-state index contributed by atoms with van der Waals surface area (Å²) in [7, 11) is 1.83. The molecule has 1 saturated heterocycles. The van der Waals surface area contributed by atoms with E-state index in [1.54, 1.807) is 0 Å². The molecule has 112 valence electrons. The Morgan fingerprint density at radius 3 is 3.10 bits per heavy atom. The van der Waals surface area contributed by atoms with Crippen LogP contribution in [0.2, 0.25) is 0 Å². The van der Waals surface area contributed by atoms with Crippen LogP contribution in [0.4, 0.5) is 0 Å². The molecule has 0 unspecified atom stereocenters. The average molecular weight is 280 g/mol. The lowest BCUT2D eigenvalue weighted by Gasteiger charge is -2.40. The molecule has 0 radical (unpaired) electrons. The zero-order chi connectivity index (χ0) is 13.9. The van der Waals surface area contributed by atoms with Gasteiger partial charge in [0, 0.05) is 38.2 Å². The molecule has 20 heavy (non-hydrogen) atoms. The summed E-state index contributed by atoms with van der Waals surface area (Å²) in [4.78, 5) is 2.49. The van der Waals surface area contributed by atoms with E-state index in [0.29, 0.717) is 18.1 Å². The van der Waals surface area contributed by atoms with Crippen molar-refractivity contribution in [2.75, 3.05) is 26.9 Å². The van der Waals surface area contributed by atoms with Crippen LogP contribution in [-0.2, 0) is 16.0 Å². The molecule has 0 aromatic carbocycles. The Labute approximate surface area is 120 Å². The lowest BCUT2D eigenvalue weighted by Crippen LogP contribution is -2.50. The van der Waals surface area contributed by atoms with Gasteiger partial charge in [-0.25, -0.2) is 0 Å². The van der Waals surface area contributed by atoms with Gasteiger partial charge in [0.15, 0.2) is 0 Å². The normalized spacial score (nSPS) is 31.8.